The summed E-state index contributed by atoms with van der Waals surface area (Å²) >= 11 is 0. The van der Waals surface area contributed by atoms with Crippen molar-refractivity contribution in [3.63, 3.8) is 0 Å². The van der Waals surface area contributed by atoms with Gasteiger partial charge in [-0.15, -0.1) is 0 Å². The summed E-state index contributed by atoms with van der Waals surface area (Å²) < 4.78 is 5.35. The number of aromatic nitrogens is 2. The van der Waals surface area contributed by atoms with Crippen LogP contribution in [0.15, 0.2) is 48.8 Å². The zero-order valence-electron chi connectivity index (χ0n) is 17.1. The molecule has 1 aliphatic heterocycles. The molecule has 1 saturated heterocycles. The molecule has 0 saturated carbocycles. The Morgan fingerprint density at radius 3 is 2.97 bits per heavy atom. The number of anilines is 2. The van der Waals surface area contributed by atoms with Gasteiger partial charge in [-0.3, -0.25) is 0 Å². The summed E-state index contributed by atoms with van der Waals surface area (Å²) in [5.41, 5.74) is 2.69. The highest BCUT2D eigenvalue weighted by Gasteiger charge is 2.32. The van der Waals surface area contributed by atoms with Crippen LogP contribution in [0.3, 0.4) is 0 Å². The van der Waals surface area contributed by atoms with Crippen molar-refractivity contribution < 1.29 is 9.53 Å². The van der Waals surface area contributed by atoms with E-state index in [1.165, 1.54) is 0 Å². The second kappa shape index (κ2) is 8.03. The molecule has 0 radical (unpaired) electrons. The number of nitrogens with one attached hydrogen (secondary N) is 2. The lowest BCUT2D eigenvalue weighted by atomic mass is 9.92. The second-order valence-corrected chi connectivity index (χ2v) is 7.59. The first-order valence-corrected chi connectivity index (χ1v) is 9.92. The molecule has 7 nitrogen and oxygen atoms in total. The molecule has 29 heavy (non-hydrogen) atoms. The Balaban J connectivity index is 1.52. The molecule has 0 unspecified atom stereocenters. The van der Waals surface area contributed by atoms with Crippen LogP contribution in [0.1, 0.15) is 13.3 Å². The molecule has 1 aromatic carbocycles. The van der Waals surface area contributed by atoms with E-state index in [0.717, 1.165) is 29.7 Å². The summed E-state index contributed by atoms with van der Waals surface area (Å²) in [5.74, 6) is 1.13. The Hall–Kier alpha value is -3.22. The van der Waals surface area contributed by atoms with Crippen LogP contribution in [0.4, 0.5) is 16.2 Å². The normalized spacial score (nSPS) is 19.2. The van der Waals surface area contributed by atoms with Crippen LogP contribution in [-0.2, 0) is 0 Å². The number of hydrogen-bond donors (Lipinski definition) is 2. The van der Waals surface area contributed by atoms with Crippen LogP contribution in [0.25, 0.3) is 11.0 Å². The van der Waals surface area contributed by atoms with Crippen molar-refractivity contribution in [2.75, 3.05) is 37.5 Å². The van der Waals surface area contributed by atoms with E-state index >= 15 is 0 Å². The zero-order valence-corrected chi connectivity index (χ0v) is 17.1. The van der Waals surface area contributed by atoms with Gasteiger partial charge in [-0.2, -0.15) is 0 Å². The molecule has 7 heteroatoms. The topological polar surface area (TPSA) is 73.5 Å². The lowest BCUT2D eigenvalue weighted by Gasteiger charge is -2.42. The predicted octanol–water partition coefficient (Wildman–Crippen LogP) is 3.95. The number of H-pyrrole nitrogens is 1. The predicted molar refractivity (Wildman–Crippen MR) is 116 cm³/mol. The van der Waals surface area contributed by atoms with Crippen LogP contribution in [0, 0.1) is 5.92 Å². The minimum Gasteiger partial charge on any atom is -0.495 e. The molecule has 152 valence electrons. The monoisotopic (exact) mass is 393 g/mol. The number of likely N-dealkylation sites (N-methyl/N-ethyl adjacent to an activating group) is 1. The number of rotatable bonds is 4. The molecule has 2 aromatic heterocycles. The zero-order chi connectivity index (χ0) is 20.4. The number of likely N-dealkylation sites (tertiary alicyclic amines) is 1. The van der Waals surface area contributed by atoms with Gasteiger partial charge in [-0.05, 0) is 36.6 Å². The quantitative estimate of drug-likeness (QED) is 0.704. The number of ether oxygens (including phenoxy) is 1. The van der Waals surface area contributed by atoms with Crippen molar-refractivity contribution in [1.82, 2.24) is 14.9 Å². The average Bonchev–Trinajstić information content (AvgIpc) is 3.23. The van der Waals surface area contributed by atoms with Gasteiger partial charge in [0.2, 0.25) is 0 Å². The summed E-state index contributed by atoms with van der Waals surface area (Å²) in [7, 11) is 3.71. The van der Waals surface area contributed by atoms with E-state index in [1.807, 2.05) is 53.7 Å². The number of aromatic amines is 1. The van der Waals surface area contributed by atoms with Crippen molar-refractivity contribution in [2.24, 2.45) is 5.92 Å². The van der Waals surface area contributed by atoms with E-state index in [0.29, 0.717) is 23.9 Å². The largest absolute Gasteiger partial charge is 0.495 e. The summed E-state index contributed by atoms with van der Waals surface area (Å²) in [6.45, 7) is 3.65. The fourth-order valence-electron chi connectivity index (χ4n) is 4.11. The maximum absolute atomic E-state index is 12.9. The Morgan fingerprint density at radius 1 is 1.31 bits per heavy atom. The van der Waals surface area contributed by atoms with E-state index in [-0.39, 0.29) is 12.1 Å². The van der Waals surface area contributed by atoms with Crippen LogP contribution < -0.4 is 15.0 Å². The van der Waals surface area contributed by atoms with Gasteiger partial charge in [0.15, 0.2) is 0 Å². The Kier molecular flexibility index (Phi) is 5.29. The SMILES string of the molecule is COc1ccccc1NC(=O)N1CC[C@@H](C)[C@@H](N(C)c2ccnc3[nH]ccc23)C1. The number of urea groups is 1. The maximum Gasteiger partial charge on any atom is 0.322 e. The molecule has 1 aliphatic rings. The standard InChI is InChI=1S/C22H27N5O2/c1-15-10-13-27(22(28)25-17-6-4-5-7-20(17)29-3)14-19(15)26(2)18-9-12-24-21-16(18)8-11-23-21/h4-9,11-12,15,19H,10,13-14H2,1-3H3,(H,23,24)(H,25,28)/t15-,19+/m1/s1. The third-order valence-corrected chi connectivity index (χ3v) is 5.87. The highest BCUT2D eigenvalue weighted by Crippen LogP contribution is 2.31. The third kappa shape index (κ3) is 3.72. The third-order valence-electron chi connectivity index (χ3n) is 5.87. The van der Waals surface area contributed by atoms with Crippen molar-refractivity contribution in [3.05, 3.63) is 48.8 Å². The van der Waals surface area contributed by atoms with Gasteiger partial charge in [-0.1, -0.05) is 19.1 Å². The van der Waals surface area contributed by atoms with Gasteiger partial charge < -0.3 is 24.8 Å². The summed E-state index contributed by atoms with van der Waals surface area (Å²) in [5, 5.41) is 4.09. The van der Waals surface area contributed by atoms with Gasteiger partial charge in [0.25, 0.3) is 0 Å². The summed E-state index contributed by atoms with van der Waals surface area (Å²) in [4.78, 5) is 24.7. The van der Waals surface area contributed by atoms with E-state index in [9.17, 15) is 4.79 Å². The lowest BCUT2D eigenvalue weighted by Crippen LogP contribution is -2.53. The van der Waals surface area contributed by atoms with Gasteiger partial charge in [0, 0.05) is 49.6 Å². The lowest BCUT2D eigenvalue weighted by molar-refractivity contribution is 0.172. The Bertz CT molecular complexity index is 1000. The van der Waals surface area contributed by atoms with E-state index in [4.69, 9.17) is 4.74 Å². The molecule has 4 rings (SSSR count). The molecule has 0 aliphatic carbocycles. The number of hydrogen-bond acceptors (Lipinski definition) is 4. The number of fused-ring (bicyclic) bond motifs is 1. The molecule has 0 spiro atoms. The van der Waals surface area contributed by atoms with Gasteiger partial charge in [-0.25, -0.2) is 9.78 Å². The van der Waals surface area contributed by atoms with Gasteiger partial charge >= 0.3 is 6.03 Å². The molecular weight excluding hydrogens is 366 g/mol. The van der Waals surface area contributed by atoms with E-state index in [1.54, 1.807) is 7.11 Å². The molecule has 3 heterocycles. The van der Waals surface area contributed by atoms with Crippen LogP contribution in [-0.4, -0.2) is 54.2 Å². The van der Waals surface area contributed by atoms with Crippen molar-refractivity contribution in [2.45, 2.75) is 19.4 Å². The first kappa shape index (κ1) is 19.1. The number of methoxy groups -OCH3 is 1. The van der Waals surface area contributed by atoms with Crippen molar-refractivity contribution in [3.8, 4) is 5.75 Å². The van der Waals surface area contributed by atoms with E-state index < -0.39 is 0 Å². The smallest absolute Gasteiger partial charge is 0.322 e. The Morgan fingerprint density at radius 2 is 2.14 bits per heavy atom. The number of piperidine rings is 1. The molecular formula is C22H27N5O2. The van der Waals surface area contributed by atoms with Crippen LogP contribution in [0.2, 0.25) is 0 Å². The molecule has 0 bridgehead atoms. The van der Waals surface area contributed by atoms with Crippen molar-refractivity contribution >= 4 is 28.4 Å². The highest BCUT2D eigenvalue weighted by atomic mass is 16.5. The molecule has 3 aromatic rings. The Labute approximate surface area is 170 Å². The van der Waals surface area contributed by atoms with Gasteiger partial charge in [0.1, 0.15) is 11.4 Å². The highest BCUT2D eigenvalue weighted by molar-refractivity contribution is 5.91. The fraction of sp³-hybridized carbons (Fsp3) is 0.364. The molecule has 2 amide bonds. The summed E-state index contributed by atoms with van der Waals surface area (Å²) in [6, 6.07) is 11.7. The maximum atomic E-state index is 12.9. The first-order valence-electron chi connectivity index (χ1n) is 9.92. The first-order chi connectivity index (χ1) is 14.1. The minimum atomic E-state index is -0.0960. The number of benzene rings is 1. The fourth-order valence-corrected chi connectivity index (χ4v) is 4.11. The van der Waals surface area contributed by atoms with E-state index in [2.05, 4.69) is 34.2 Å². The van der Waals surface area contributed by atoms with Crippen LogP contribution >= 0.6 is 0 Å². The molecule has 1 fully saturated rings. The molecule has 2 N–H and O–H groups in total. The van der Waals surface area contributed by atoms with Gasteiger partial charge in [0.05, 0.1) is 12.8 Å². The number of amides is 2. The number of carbonyl (C=O) groups excluding carboxylic acids is 1. The minimum absolute atomic E-state index is 0.0960. The number of pyridine rings is 1. The average molecular weight is 393 g/mol. The number of para-hydroxylation sites is 2. The second-order valence-electron chi connectivity index (χ2n) is 7.59. The molecule has 2 atom stereocenters. The number of carbonyl (C=O) groups is 1. The van der Waals surface area contributed by atoms with Crippen molar-refractivity contribution in [1.29, 1.82) is 0 Å². The summed E-state index contributed by atoms with van der Waals surface area (Å²) in [6.07, 6.45) is 4.69. The number of nitrogens with zero attached hydrogens (tertiary/aromatic N) is 3. The van der Waals surface area contributed by atoms with Crippen LogP contribution in [0.5, 0.6) is 5.75 Å².